The third kappa shape index (κ3) is 3.67. The molecule has 0 aliphatic carbocycles. The average molecular weight is 324 g/mol. The molecule has 1 atom stereocenters. The number of halogens is 1. The van der Waals surface area contributed by atoms with Crippen LogP contribution >= 0.6 is 15.9 Å². The molecule has 1 aliphatic rings. The van der Waals surface area contributed by atoms with E-state index in [1.165, 1.54) is 12.8 Å². The zero-order valence-corrected chi connectivity index (χ0v) is 13.5. The summed E-state index contributed by atoms with van der Waals surface area (Å²) in [5, 5.41) is 0. The van der Waals surface area contributed by atoms with E-state index in [1.54, 1.807) is 0 Å². The van der Waals surface area contributed by atoms with Crippen LogP contribution in [0.25, 0.3) is 0 Å². The number of nitrogens with zero attached hydrogens (tertiary/aromatic N) is 1. The van der Waals surface area contributed by atoms with Crippen LogP contribution in [-0.2, 0) is 0 Å². The lowest BCUT2D eigenvalue weighted by Gasteiger charge is -2.40. The minimum atomic E-state index is -0.0271. The van der Waals surface area contributed by atoms with Gasteiger partial charge in [0.2, 0.25) is 0 Å². The summed E-state index contributed by atoms with van der Waals surface area (Å²) >= 11 is 3.40. The average Bonchev–Trinajstić information content (AvgIpc) is 2.37. The lowest BCUT2D eigenvalue weighted by atomic mass is 9.83. The first-order valence-electron chi connectivity index (χ1n) is 6.93. The Morgan fingerprint density at radius 1 is 1.32 bits per heavy atom. The summed E-state index contributed by atoms with van der Waals surface area (Å²) in [5.41, 5.74) is 1.13. The van der Waals surface area contributed by atoms with Crippen LogP contribution in [0, 0.1) is 5.41 Å². The van der Waals surface area contributed by atoms with Gasteiger partial charge >= 0.3 is 0 Å². The van der Waals surface area contributed by atoms with Crippen LogP contribution in [0.2, 0.25) is 0 Å². The van der Waals surface area contributed by atoms with Crippen LogP contribution in [-0.4, -0.2) is 29.8 Å². The molecule has 19 heavy (non-hydrogen) atoms. The number of likely N-dealkylation sites (tertiary alicyclic amines) is 1. The second-order valence-corrected chi connectivity index (χ2v) is 7.20. The van der Waals surface area contributed by atoms with Gasteiger partial charge in [0.05, 0.1) is 6.04 Å². The van der Waals surface area contributed by atoms with Crippen molar-refractivity contribution < 1.29 is 4.79 Å². The summed E-state index contributed by atoms with van der Waals surface area (Å²) in [6, 6.07) is 7.64. The normalized spacial score (nSPS) is 21.1. The predicted octanol–water partition coefficient (Wildman–Crippen LogP) is 4.14. The van der Waals surface area contributed by atoms with Gasteiger partial charge < -0.3 is 0 Å². The minimum Gasteiger partial charge on any atom is -0.293 e. The predicted molar refractivity (Wildman–Crippen MR) is 82.5 cm³/mol. The molecule has 0 radical (unpaired) electrons. The highest BCUT2D eigenvalue weighted by atomic mass is 79.9. The summed E-state index contributed by atoms with van der Waals surface area (Å²) in [5.74, 6) is 0.227. The molecule has 104 valence electrons. The Morgan fingerprint density at radius 2 is 1.95 bits per heavy atom. The number of carbonyl (C=O) groups excluding carboxylic acids is 1. The van der Waals surface area contributed by atoms with Gasteiger partial charge in [-0.05, 0) is 43.9 Å². The van der Waals surface area contributed by atoms with Gasteiger partial charge in [-0.15, -0.1) is 0 Å². The summed E-state index contributed by atoms with van der Waals surface area (Å²) in [6.45, 7) is 8.65. The Labute approximate surface area is 124 Å². The van der Waals surface area contributed by atoms with Gasteiger partial charge in [0.25, 0.3) is 0 Å². The minimum absolute atomic E-state index is 0.0271. The number of hydrogen-bond donors (Lipinski definition) is 0. The first-order valence-corrected chi connectivity index (χ1v) is 7.72. The van der Waals surface area contributed by atoms with Crippen molar-refractivity contribution in [3.8, 4) is 0 Å². The fraction of sp³-hybridized carbons (Fsp3) is 0.562. The maximum Gasteiger partial charge on any atom is 0.179 e. The van der Waals surface area contributed by atoms with Gasteiger partial charge in [0.15, 0.2) is 5.78 Å². The SMILES string of the molecule is CC(C(=O)c1ccc(Br)cc1)N1CCCC(C)(C)C1. The molecule has 1 unspecified atom stereocenters. The fourth-order valence-electron chi connectivity index (χ4n) is 2.82. The summed E-state index contributed by atoms with van der Waals surface area (Å²) < 4.78 is 1.01. The Morgan fingerprint density at radius 3 is 2.53 bits per heavy atom. The second kappa shape index (κ2) is 5.76. The molecule has 0 bridgehead atoms. The van der Waals surface area contributed by atoms with Gasteiger partial charge in [0, 0.05) is 16.6 Å². The molecule has 1 fully saturated rings. The molecule has 1 aromatic rings. The van der Waals surface area contributed by atoms with Crippen molar-refractivity contribution in [2.45, 2.75) is 39.7 Å². The largest absolute Gasteiger partial charge is 0.293 e. The number of benzene rings is 1. The molecular weight excluding hydrogens is 302 g/mol. The number of rotatable bonds is 3. The molecule has 0 N–H and O–H groups in total. The Bertz CT molecular complexity index is 452. The monoisotopic (exact) mass is 323 g/mol. The number of ketones is 1. The zero-order chi connectivity index (χ0) is 14.0. The summed E-state index contributed by atoms with van der Waals surface area (Å²) in [4.78, 5) is 14.8. The van der Waals surface area contributed by atoms with Crippen molar-refractivity contribution >= 4 is 21.7 Å². The van der Waals surface area contributed by atoms with Crippen LogP contribution in [0.1, 0.15) is 44.0 Å². The standard InChI is InChI=1S/C16H22BrNO/c1-12(18-10-4-9-16(2,3)11-18)15(19)13-5-7-14(17)8-6-13/h5-8,12H,4,9-11H2,1-3H3. The van der Waals surface area contributed by atoms with Crippen LogP contribution in [0.3, 0.4) is 0 Å². The van der Waals surface area contributed by atoms with Gasteiger partial charge in [-0.25, -0.2) is 0 Å². The molecule has 3 heteroatoms. The van der Waals surface area contributed by atoms with E-state index in [9.17, 15) is 4.79 Å². The lowest BCUT2D eigenvalue weighted by molar-refractivity contribution is 0.0626. The Balaban J connectivity index is 2.08. The Kier molecular flexibility index (Phi) is 4.46. The fourth-order valence-corrected chi connectivity index (χ4v) is 3.08. The van der Waals surface area contributed by atoms with Gasteiger partial charge in [-0.3, -0.25) is 9.69 Å². The second-order valence-electron chi connectivity index (χ2n) is 6.29. The summed E-state index contributed by atoms with van der Waals surface area (Å²) in [6.07, 6.45) is 2.44. The highest BCUT2D eigenvalue weighted by Crippen LogP contribution is 2.30. The third-order valence-electron chi connectivity index (χ3n) is 3.99. The smallest absolute Gasteiger partial charge is 0.179 e. The molecule has 0 amide bonds. The summed E-state index contributed by atoms with van der Waals surface area (Å²) in [7, 11) is 0. The van der Waals surface area contributed by atoms with Crippen molar-refractivity contribution in [2.24, 2.45) is 5.41 Å². The van der Waals surface area contributed by atoms with Crippen LogP contribution in [0.4, 0.5) is 0 Å². The number of piperidine rings is 1. The molecule has 2 nitrogen and oxygen atoms in total. The quantitative estimate of drug-likeness (QED) is 0.779. The van der Waals surface area contributed by atoms with Crippen molar-refractivity contribution in [1.29, 1.82) is 0 Å². The Hall–Kier alpha value is -0.670. The lowest BCUT2D eigenvalue weighted by Crippen LogP contribution is -2.47. The molecule has 1 saturated heterocycles. The number of Topliss-reactive ketones (excluding diaryl/α,β-unsaturated/α-hetero) is 1. The van der Waals surface area contributed by atoms with E-state index >= 15 is 0 Å². The van der Waals surface area contributed by atoms with Gasteiger partial charge in [0.1, 0.15) is 0 Å². The van der Waals surface area contributed by atoms with E-state index < -0.39 is 0 Å². The van der Waals surface area contributed by atoms with Crippen molar-refractivity contribution in [3.05, 3.63) is 34.3 Å². The van der Waals surface area contributed by atoms with Crippen LogP contribution in [0.15, 0.2) is 28.7 Å². The molecule has 0 saturated carbocycles. The molecule has 1 aliphatic heterocycles. The van der Waals surface area contributed by atoms with Crippen molar-refractivity contribution in [3.63, 3.8) is 0 Å². The third-order valence-corrected chi connectivity index (χ3v) is 4.51. The van der Waals surface area contributed by atoms with E-state index in [0.29, 0.717) is 5.41 Å². The van der Waals surface area contributed by atoms with E-state index in [0.717, 1.165) is 23.1 Å². The van der Waals surface area contributed by atoms with Crippen LogP contribution in [0.5, 0.6) is 0 Å². The molecule has 2 rings (SSSR count). The molecule has 0 spiro atoms. The highest BCUT2D eigenvalue weighted by molar-refractivity contribution is 9.10. The number of hydrogen-bond acceptors (Lipinski definition) is 2. The maximum atomic E-state index is 12.5. The first-order chi connectivity index (χ1) is 8.89. The number of carbonyl (C=O) groups is 1. The van der Waals surface area contributed by atoms with E-state index in [1.807, 2.05) is 31.2 Å². The van der Waals surface area contributed by atoms with E-state index in [4.69, 9.17) is 0 Å². The van der Waals surface area contributed by atoms with E-state index in [2.05, 4.69) is 34.7 Å². The van der Waals surface area contributed by atoms with Gasteiger partial charge in [-0.2, -0.15) is 0 Å². The zero-order valence-electron chi connectivity index (χ0n) is 11.9. The molecule has 1 heterocycles. The molecular formula is C16H22BrNO. The molecule has 1 aromatic carbocycles. The van der Waals surface area contributed by atoms with Crippen molar-refractivity contribution in [2.75, 3.05) is 13.1 Å². The van der Waals surface area contributed by atoms with Gasteiger partial charge in [-0.1, -0.05) is 41.9 Å². The highest BCUT2D eigenvalue weighted by Gasteiger charge is 2.31. The van der Waals surface area contributed by atoms with Crippen molar-refractivity contribution in [1.82, 2.24) is 4.90 Å². The topological polar surface area (TPSA) is 20.3 Å². The molecule has 0 aromatic heterocycles. The van der Waals surface area contributed by atoms with E-state index in [-0.39, 0.29) is 11.8 Å². The maximum absolute atomic E-state index is 12.5. The first kappa shape index (κ1) is 14.7. The van der Waals surface area contributed by atoms with Crippen LogP contribution < -0.4 is 0 Å².